The molecular weight excluding hydrogens is 493 g/mol. The van der Waals surface area contributed by atoms with Gasteiger partial charge in [0, 0.05) is 0 Å². The Bertz CT molecular complexity index is 1360. The van der Waals surface area contributed by atoms with Crippen LogP contribution in [0.15, 0.2) is 76.5 Å². The number of rotatable bonds is 6. The fourth-order valence-corrected chi connectivity index (χ4v) is 4.85. The van der Waals surface area contributed by atoms with Gasteiger partial charge in [-0.25, -0.2) is 22.0 Å². The van der Waals surface area contributed by atoms with Gasteiger partial charge in [-0.2, -0.15) is 0 Å². The second kappa shape index (κ2) is 8.62. The quantitative estimate of drug-likeness (QED) is 0.515. The molecule has 0 aromatic heterocycles. The van der Waals surface area contributed by atoms with Gasteiger partial charge in [0.2, 0.25) is 10.0 Å². The molecule has 0 aliphatic heterocycles. The van der Waals surface area contributed by atoms with Crippen LogP contribution < -0.4 is 14.6 Å². The lowest BCUT2D eigenvalue weighted by molar-refractivity contribution is -0.274. The Labute approximate surface area is 186 Å². The second-order valence-corrected chi connectivity index (χ2v) is 10.0. The molecule has 0 saturated heterocycles. The van der Waals surface area contributed by atoms with Crippen LogP contribution in [0.25, 0.3) is 11.1 Å². The van der Waals surface area contributed by atoms with E-state index in [4.69, 9.17) is 16.7 Å². The Morgan fingerprint density at radius 2 is 1.50 bits per heavy atom. The van der Waals surface area contributed by atoms with E-state index in [1.165, 1.54) is 48.5 Å². The third-order valence-electron chi connectivity index (χ3n) is 4.06. The summed E-state index contributed by atoms with van der Waals surface area (Å²) in [6, 6.07) is 13.8. The number of halogens is 4. The monoisotopic (exact) mass is 506 g/mol. The standard InChI is InChI=1S/C19H14ClF3N2O5S2/c20-17-10-13(12-4-7-15(8-5-12)30-19(21,22)23)6-9-18(17)32(28,29)25-14-2-1-3-16(11-14)31(24,26)27/h1-11,25H,(H2,24,26,27). The highest BCUT2D eigenvalue weighted by Crippen LogP contribution is 2.31. The summed E-state index contributed by atoms with van der Waals surface area (Å²) in [6.07, 6.45) is -4.82. The van der Waals surface area contributed by atoms with E-state index in [-0.39, 0.29) is 20.5 Å². The van der Waals surface area contributed by atoms with Crippen molar-refractivity contribution < 1.29 is 34.7 Å². The highest BCUT2D eigenvalue weighted by molar-refractivity contribution is 7.92. The first-order valence-electron chi connectivity index (χ1n) is 8.56. The summed E-state index contributed by atoms with van der Waals surface area (Å²) in [5, 5.41) is 4.89. The first-order valence-corrected chi connectivity index (χ1v) is 12.0. The van der Waals surface area contributed by atoms with Crippen molar-refractivity contribution in [3.8, 4) is 16.9 Å². The average Bonchev–Trinajstić information content (AvgIpc) is 2.66. The van der Waals surface area contributed by atoms with E-state index >= 15 is 0 Å². The average molecular weight is 507 g/mol. The van der Waals surface area contributed by atoms with E-state index in [0.29, 0.717) is 11.1 Å². The largest absolute Gasteiger partial charge is 0.573 e. The number of nitrogens with two attached hydrogens (primary N) is 1. The van der Waals surface area contributed by atoms with Crippen molar-refractivity contribution in [2.45, 2.75) is 16.2 Å². The molecule has 7 nitrogen and oxygen atoms in total. The number of ether oxygens (including phenoxy) is 1. The van der Waals surface area contributed by atoms with E-state index in [9.17, 15) is 30.0 Å². The molecule has 32 heavy (non-hydrogen) atoms. The Morgan fingerprint density at radius 3 is 2.06 bits per heavy atom. The Hall–Kier alpha value is -2.80. The topological polar surface area (TPSA) is 116 Å². The molecule has 170 valence electrons. The lowest BCUT2D eigenvalue weighted by Crippen LogP contribution is -2.16. The molecule has 13 heteroatoms. The summed E-state index contributed by atoms with van der Waals surface area (Å²) in [6.45, 7) is 0. The molecule has 0 aliphatic rings. The van der Waals surface area contributed by atoms with Crippen LogP contribution in [-0.4, -0.2) is 23.2 Å². The fraction of sp³-hybridized carbons (Fsp3) is 0.0526. The number of primary sulfonamides is 1. The molecule has 3 N–H and O–H groups in total. The summed E-state index contributed by atoms with van der Waals surface area (Å²) in [7, 11) is -8.23. The molecule has 0 spiro atoms. The predicted octanol–water partition coefficient (Wildman–Crippen LogP) is 4.35. The number of hydrogen-bond acceptors (Lipinski definition) is 5. The lowest BCUT2D eigenvalue weighted by Gasteiger charge is -2.12. The normalized spacial score (nSPS) is 12.4. The second-order valence-electron chi connectivity index (χ2n) is 6.40. The number of nitrogens with one attached hydrogen (secondary N) is 1. The zero-order chi connectivity index (χ0) is 23.7. The van der Waals surface area contributed by atoms with Gasteiger partial charge in [-0.1, -0.05) is 35.9 Å². The van der Waals surface area contributed by atoms with E-state index in [1.807, 2.05) is 0 Å². The van der Waals surface area contributed by atoms with Gasteiger partial charge in [-0.15, -0.1) is 13.2 Å². The lowest BCUT2D eigenvalue weighted by atomic mass is 10.1. The number of anilines is 1. The Kier molecular flexibility index (Phi) is 6.43. The van der Waals surface area contributed by atoms with Gasteiger partial charge >= 0.3 is 6.36 Å². The maximum atomic E-state index is 12.7. The SMILES string of the molecule is NS(=O)(=O)c1cccc(NS(=O)(=O)c2ccc(-c3ccc(OC(F)(F)F)cc3)cc2Cl)c1. The molecule has 3 aromatic rings. The fourth-order valence-electron chi connectivity index (χ4n) is 2.69. The number of hydrogen-bond donors (Lipinski definition) is 2. The minimum absolute atomic E-state index is 0.0445. The van der Waals surface area contributed by atoms with Crippen molar-refractivity contribution in [3.05, 3.63) is 71.8 Å². The summed E-state index contributed by atoms with van der Waals surface area (Å²) in [5.74, 6) is -0.405. The summed E-state index contributed by atoms with van der Waals surface area (Å²) >= 11 is 6.14. The van der Waals surface area contributed by atoms with Gasteiger partial charge in [-0.3, -0.25) is 4.72 Å². The van der Waals surface area contributed by atoms with Gasteiger partial charge in [0.05, 0.1) is 15.6 Å². The van der Waals surface area contributed by atoms with Crippen LogP contribution in [0, 0.1) is 0 Å². The van der Waals surface area contributed by atoms with Crippen molar-refractivity contribution in [2.75, 3.05) is 4.72 Å². The highest BCUT2D eigenvalue weighted by Gasteiger charge is 2.31. The van der Waals surface area contributed by atoms with E-state index in [2.05, 4.69) is 9.46 Å². The zero-order valence-corrected chi connectivity index (χ0v) is 18.2. The zero-order valence-electron chi connectivity index (χ0n) is 15.8. The van der Waals surface area contributed by atoms with E-state index in [1.54, 1.807) is 0 Å². The van der Waals surface area contributed by atoms with Crippen molar-refractivity contribution in [1.82, 2.24) is 0 Å². The summed E-state index contributed by atoms with van der Waals surface area (Å²) in [5.41, 5.74) is 0.875. The molecule has 0 fully saturated rings. The van der Waals surface area contributed by atoms with Gasteiger partial charge in [0.1, 0.15) is 10.6 Å². The number of benzene rings is 3. The minimum atomic E-state index is -4.82. The molecule has 3 rings (SSSR count). The molecule has 0 radical (unpaired) electrons. The smallest absolute Gasteiger partial charge is 0.406 e. The van der Waals surface area contributed by atoms with Gasteiger partial charge in [-0.05, 0) is 53.6 Å². The summed E-state index contributed by atoms with van der Waals surface area (Å²) in [4.78, 5) is -0.571. The Morgan fingerprint density at radius 1 is 0.875 bits per heavy atom. The van der Waals surface area contributed by atoms with Crippen LogP contribution in [0.5, 0.6) is 5.75 Å². The molecular formula is C19H14ClF3N2O5S2. The molecule has 0 bridgehead atoms. The predicted molar refractivity (Wildman–Crippen MR) is 112 cm³/mol. The maximum Gasteiger partial charge on any atom is 0.573 e. The molecule has 0 unspecified atom stereocenters. The molecule has 0 heterocycles. The van der Waals surface area contributed by atoms with E-state index in [0.717, 1.165) is 18.2 Å². The molecule has 0 aliphatic carbocycles. The van der Waals surface area contributed by atoms with Crippen LogP contribution in [-0.2, 0) is 20.0 Å². The van der Waals surface area contributed by atoms with Gasteiger partial charge in [0.25, 0.3) is 10.0 Å². The van der Waals surface area contributed by atoms with Gasteiger partial charge < -0.3 is 4.74 Å². The van der Waals surface area contributed by atoms with E-state index < -0.39 is 32.2 Å². The van der Waals surface area contributed by atoms with Crippen molar-refractivity contribution >= 4 is 37.3 Å². The van der Waals surface area contributed by atoms with Crippen LogP contribution in [0.2, 0.25) is 5.02 Å². The molecule has 0 atom stereocenters. The maximum absolute atomic E-state index is 12.7. The third-order valence-corrected chi connectivity index (χ3v) is 6.83. The van der Waals surface area contributed by atoms with Crippen LogP contribution in [0.4, 0.5) is 18.9 Å². The number of sulfonamides is 2. The van der Waals surface area contributed by atoms with Crippen molar-refractivity contribution in [3.63, 3.8) is 0 Å². The van der Waals surface area contributed by atoms with Crippen molar-refractivity contribution in [1.29, 1.82) is 0 Å². The first-order chi connectivity index (χ1) is 14.7. The minimum Gasteiger partial charge on any atom is -0.406 e. The summed E-state index contributed by atoms with van der Waals surface area (Å²) < 4.78 is 91.2. The van der Waals surface area contributed by atoms with Crippen LogP contribution >= 0.6 is 11.6 Å². The Balaban J connectivity index is 1.86. The third kappa shape index (κ3) is 5.91. The van der Waals surface area contributed by atoms with Gasteiger partial charge in [0.15, 0.2) is 0 Å². The van der Waals surface area contributed by atoms with Crippen molar-refractivity contribution in [2.24, 2.45) is 5.14 Å². The number of alkyl halides is 3. The molecule has 3 aromatic carbocycles. The highest BCUT2D eigenvalue weighted by atomic mass is 35.5. The molecule has 0 saturated carbocycles. The van der Waals surface area contributed by atoms with Crippen LogP contribution in [0.3, 0.4) is 0 Å². The first kappa shape index (κ1) is 23.9. The van der Waals surface area contributed by atoms with Crippen LogP contribution in [0.1, 0.15) is 0 Å². The molecule has 0 amide bonds.